The van der Waals surface area contributed by atoms with E-state index in [9.17, 15) is 14.7 Å². The van der Waals surface area contributed by atoms with Crippen molar-refractivity contribution >= 4 is 22.9 Å². The zero-order valence-corrected chi connectivity index (χ0v) is 16.1. The fourth-order valence-electron chi connectivity index (χ4n) is 3.64. The van der Waals surface area contributed by atoms with Crippen LogP contribution < -0.4 is 0 Å². The molecule has 1 unspecified atom stereocenters. The normalized spacial score (nSPS) is 14.8. The molecule has 2 heterocycles. The minimum Gasteiger partial charge on any atom is -0.480 e. The van der Waals surface area contributed by atoms with Crippen LogP contribution in [0.3, 0.4) is 0 Å². The maximum atomic E-state index is 13.5. The lowest BCUT2D eigenvalue weighted by Crippen LogP contribution is -2.44. The lowest BCUT2D eigenvalue weighted by atomic mass is 10.0. The highest BCUT2D eigenvalue weighted by molar-refractivity contribution is 6.08. The molecule has 3 aromatic rings. The number of benzene rings is 1. The molecule has 1 aliphatic rings. The number of hydrogen-bond acceptors (Lipinski definition) is 4. The first-order chi connectivity index (χ1) is 13.4. The molecule has 1 saturated carbocycles. The molecule has 0 spiro atoms. The summed E-state index contributed by atoms with van der Waals surface area (Å²) in [7, 11) is 1.80. The second-order valence-corrected chi connectivity index (χ2v) is 7.29. The first-order valence-corrected chi connectivity index (χ1v) is 9.33. The number of carbonyl (C=O) groups is 2. The summed E-state index contributed by atoms with van der Waals surface area (Å²) in [5, 5.41) is 14.6. The molecule has 7 heteroatoms. The summed E-state index contributed by atoms with van der Waals surface area (Å²) < 4.78 is 1.66. The van der Waals surface area contributed by atoms with E-state index in [0.717, 1.165) is 18.4 Å². The number of carbonyl (C=O) groups excluding carboxylic acids is 1. The van der Waals surface area contributed by atoms with E-state index in [2.05, 4.69) is 5.10 Å². The van der Waals surface area contributed by atoms with Crippen LogP contribution in [0.25, 0.3) is 22.3 Å². The van der Waals surface area contributed by atoms with Gasteiger partial charge in [0.2, 0.25) is 0 Å². The molecule has 1 amide bonds. The van der Waals surface area contributed by atoms with Gasteiger partial charge in [0.1, 0.15) is 6.04 Å². The number of fused-ring (bicyclic) bond motifs is 1. The molecule has 1 aromatic carbocycles. The maximum Gasteiger partial charge on any atom is 0.326 e. The van der Waals surface area contributed by atoms with E-state index in [1.54, 1.807) is 24.7 Å². The third-order valence-electron chi connectivity index (χ3n) is 5.22. The molecule has 1 aliphatic carbocycles. The summed E-state index contributed by atoms with van der Waals surface area (Å²) in [6.07, 6.45) is 1.66. The molecule has 0 radical (unpaired) electrons. The molecule has 28 heavy (non-hydrogen) atoms. The summed E-state index contributed by atoms with van der Waals surface area (Å²) in [5.41, 5.74) is 3.32. The molecule has 4 rings (SSSR count). The predicted octanol–water partition coefficient (Wildman–Crippen LogP) is 3.02. The van der Waals surface area contributed by atoms with Gasteiger partial charge in [-0.25, -0.2) is 9.78 Å². The Morgan fingerprint density at radius 1 is 1.25 bits per heavy atom. The molecular weight excluding hydrogens is 356 g/mol. The van der Waals surface area contributed by atoms with Crippen molar-refractivity contribution in [2.75, 3.05) is 0 Å². The van der Waals surface area contributed by atoms with Gasteiger partial charge in [-0.2, -0.15) is 5.10 Å². The van der Waals surface area contributed by atoms with Gasteiger partial charge in [0.15, 0.2) is 5.65 Å². The number of aromatic nitrogens is 3. The van der Waals surface area contributed by atoms with Crippen LogP contribution in [0, 0.1) is 6.92 Å². The summed E-state index contributed by atoms with van der Waals surface area (Å²) in [5.74, 6) is -1.28. The maximum absolute atomic E-state index is 13.5. The van der Waals surface area contributed by atoms with Crippen molar-refractivity contribution in [3.05, 3.63) is 47.7 Å². The van der Waals surface area contributed by atoms with Crippen LogP contribution in [0.15, 0.2) is 36.4 Å². The summed E-state index contributed by atoms with van der Waals surface area (Å²) in [4.78, 5) is 31.4. The van der Waals surface area contributed by atoms with Gasteiger partial charge < -0.3 is 10.0 Å². The SMILES string of the molecule is Cc1nn(C)c2nc(-c3ccccc3)cc(C(=O)N(C3CC3)C(C)C(=O)O)c12. The van der Waals surface area contributed by atoms with Gasteiger partial charge >= 0.3 is 5.97 Å². The van der Waals surface area contributed by atoms with Crippen molar-refractivity contribution in [1.82, 2.24) is 19.7 Å². The van der Waals surface area contributed by atoms with Gasteiger partial charge in [0.25, 0.3) is 5.91 Å². The Morgan fingerprint density at radius 3 is 2.54 bits per heavy atom. The summed E-state index contributed by atoms with van der Waals surface area (Å²) in [6, 6.07) is 10.5. The fourth-order valence-corrected chi connectivity index (χ4v) is 3.64. The van der Waals surface area contributed by atoms with Crippen molar-refractivity contribution in [2.45, 2.75) is 38.8 Å². The highest BCUT2D eigenvalue weighted by atomic mass is 16.4. The van der Waals surface area contributed by atoms with E-state index in [1.807, 2.05) is 37.3 Å². The third kappa shape index (κ3) is 3.02. The smallest absolute Gasteiger partial charge is 0.326 e. The molecule has 1 atom stereocenters. The Kier molecular flexibility index (Phi) is 4.37. The van der Waals surface area contributed by atoms with Crippen LogP contribution in [0.1, 0.15) is 35.8 Å². The molecule has 0 aliphatic heterocycles. The van der Waals surface area contributed by atoms with Crippen LogP contribution in [0.4, 0.5) is 0 Å². The average molecular weight is 378 g/mol. The number of aryl methyl sites for hydroxylation is 2. The number of hydrogen-bond donors (Lipinski definition) is 1. The molecule has 1 fully saturated rings. The van der Waals surface area contributed by atoms with E-state index in [-0.39, 0.29) is 11.9 Å². The minimum absolute atomic E-state index is 0.0287. The van der Waals surface area contributed by atoms with Crippen LogP contribution in [0.5, 0.6) is 0 Å². The highest BCUT2D eigenvalue weighted by Crippen LogP contribution is 2.33. The topological polar surface area (TPSA) is 88.3 Å². The van der Waals surface area contributed by atoms with Gasteiger partial charge in [-0.3, -0.25) is 9.48 Å². The minimum atomic E-state index is -1.00. The van der Waals surface area contributed by atoms with E-state index >= 15 is 0 Å². The number of rotatable bonds is 5. The molecule has 0 saturated heterocycles. The fraction of sp³-hybridized carbons (Fsp3) is 0.333. The number of aliphatic carboxylic acids is 1. The highest BCUT2D eigenvalue weighted by Gasteiger charge is 2.39. The van der Waals surface area contributed by atoms with Crippen LogP contribution in [-0.2, 0) is 11.8 Å². The first kappa shape index (κ1) is 18.2. The largest absolute Gasteiger partial charge is 0.480 e. The Labute approximate surface area is 162 Å². The monoisotopic (exact) mass is 378 g/mol. The third-order valence-corrected chi connectivity index (χ3v) is 5.22. The standard InChI is InChI=1S/C21H22N4O3/c1-12-18-16(20(26)25(15-9-10-15)13(2)21(27)28)11-17(14-7-5-4-6-8-14)22-19(18)24(3)23-12/h4-8,11,13,15H,9-10H2,1-3H3,(H,27,28). The number of carboxylic acids is 1. The zero-order chi connectivity index (χ0) is 20.0. The molecule has 0 bridgehead atoms. The van der Waals surface area contributed by atoms with Crippen LogP contribution in [-0.4, -0.2) is 48.7 Å². The number of pyridine rings is 1. The second-order valence-electron chi connectivity index (χ2n) is 7.29. The first-order valence-electron chi connectivity index (χ1n) is 9.33. The number of carboxylic acid groups (broad SMARTS) is 1. The average Bonchev–Trinajstić information content (AvgIpc) is 3.47. The number of nitrogens with zero attached hydrogens (tertiary/aromatic N) is 4. The Balaban J connectivity index is 1.92. The van der Waals surface area contributed by atoms with Crippen molar-refractivity contribution in [3.8, 4) is 11.3 Å². The molecule has 144 valence electrons. The molecule has 2 aromatic heterocycles. The lowest BCUT2D eigenvalue weighted by molar-refractivity contribution is -0.141. The Bertz CT molecular complexity index is 1070. The lowest BCUT2D eigenvalue weighted by Gasteiger charge is -2.27. The summed E-state index contributed by atoms with van der Waals surface area (Å²) >= 11 is 0. The predicted molar refractivity (Wildman–Crippen MR) is 105 cm³/mol. The van der Waals surface area contributed by atoms with Crippen LogP contribution >= 0.6 is 0 Å². The quantitative estimate of drug-likeness (QED) is 0.737. The molecular formula is C21H22N4O3. The number of amides is 1. The van der Waals surface area contributed by atoms with E-state index < -0.39 is 12.0 Å². The van der Waals surface area contributed by atoms with Crippen molar-refractivity contribution < 1.29 is 14.7 Å². The Hall–Kier alpha value is -3.22. The zero-order valence-electron chi connectivity index (χ0n) is 16.1. The molecule has 7 nitrogen and oxygen atoms in total. The van der Waals surface area contributed by atoms with Gasteiger partial charge in [-0.1, -0.05) is 30.3 Å². The van der Waals surface area contributed by atoms with Gasteiger partial charge in [0, 0.05) is 18.7 Å². The van der Waals surface area contributed by atoms with Gasteiger partial charge in [0.05, 0.1) is 22.3 Å². The Morgan fingerprint density at radius 2 is 1.93 bits per heavy atom. The van der Waals surface area contributed by atoms with E-state index in [4.69, 9.17) is 4.98 Å². The van der Waals surface area contributed by atoms with Crippen molar-refractivity contribution in [1.29, 1.82) is 0 Å². The van der Waals surface area contributed by atoms with Gasteiger partial charge in [-0.05, 0) is 32.8 Å². The van der Waals surface area contributed by atoms with Crippen molar-refractivity contribution in [3.63, 3.8) is 0 Å². The van der Waals surface area contributed by atoms with E-state index in [1.165, 1.54) is 4.90 Å². The molecule has 1 N–H and O–H groups in total. The summed E-state index contributed by atoms with van der Waals surface area (Å²) in [6.45, 7) is 3.40. The van der Waals surface area contributed by atoms with Crippen LogP contribution in [0.2, 0.25) is 0 Å². The van der Waals surface area contributed by atoms with E-state index in [0.29, 0.717) is 28.0 Å². The van der Waals surface area contributed by atoms with Gasteiger partial charge in [-0.15, -0.1) is 0 Å². The van der Waals surface area contributed by atoms with Crippen molar-refractivity contribution in [2.24, 2.45) is 7.05 Å². The second kappa shape index (κ2) is 6.74.